The first-order valence-corrected chi connectivity index (χ1v) is 6.62. The molecule has 0 radical (unpaired) electrons. The van der Waals surface area contributed by atoms with Gasteiger partial charge in [-0.05, 0) is 25.1 Å². The van der Waals surface area contributed by atoms with Gasteiger partial charge in [-0.25, -0.2) is 4.79 Å². The highest BCUT2D eigenvalue weighted by molar-refractivity contribution is 9.10. The highest BCUT2D eigenvalue weighted by Gasteiger charge is 2.34. The number of aryl methyl sites for hydroxylation is 1. The highest BCUT2D eigenvalue weighted by atomic mass is 79.9. The van der Waals surface area contributed by atoms with Crippen LogP contribution in [-0.4, -0.2) is 24.6 Å². The molecule has 9 heteroatoms. The summed E-state index contributed by atoms with van der Waals surface area (Å²) in [5, 5.41) is 3.64. The highest BCUT2D eigenvalue weighted by Crippen LogP contribution is 2.37. The molecule has 1 heterocycles. The normalized spacial score (nSPS) is 11.4. The third-order valence-electron chi connectivity index (χ3n) is 2.68. The predicted octanol–water partition coefficient (Wildman–Crippen LogP) is 4.10. The minimum Gasteiger partial charge on any atom is -0.465 e. The van der Waals surface area contributed by atoms with Crippen LogP contribution >= 0.6 is 15.9 Å². The number of halogens is 4. The number of ether oxygens (including phenoxy) is 2. The van der Waals surface area contributed by atoms with Gasteiger partial charge in [-0.3, -0.25) is 0 Å². The first kappa shape index (κ1) is 16.3. The zero-order valence-electron chi connectivity index (χ0n) is 11.3. The molecule has 0 aliphatic carbocycles. The number of methoxy groups -OCH3 is 1. The Bertz CT molecular complexity index is 712. The van der Waals surface area contributed by atoms with Crippen LogP contribution in [0.25, 0.3) is 11.3 Å². The number of hydrogen-bond acceptors (Lipinski definition) is 5. The van der Waals surface area contributed by atoms with E-state index in [4.69, 9.17) is 4.52 Å². The van der Waals surface area contributed by atoms with Crippen LogP contribution in [0.2, 0.25) is 0 Å². The van der Waals surface area contributed by atoms with Crippen molar-refractivity contribution >= 4 is 21.9 Å². The van der Waals surface area contributed by atoms with Gasteiger partial charge in [0.2, 0.25) is 0 Å². The fourth-order valence-corrected chi connectivity index (χ4v) is 2.14. The monoisotopic (exact) mass is 379 g/mol. The Kier molecular flexibility index (Phi) is 4.45. The molecule has 0 amide bonds. The van der Waals surface area contributed by atoms with Crippen molar-refractivity contribution in [3.63, 3.8) is 0 Å². The number of hydrogen-bond donors (Lipinski definition) is 0. The van der Waals surface area contributed by atoms with Crippen LogP contribution < -0.4 is 4.74 Å². The summed E-state index contributed by atoms with van der Waals surface area (Å²) in [6.45, 7) is 1.45. The van der Waals surface area contributed by atoms with Gasteiger partial charge in [-0.2, -0.15) is 0 Å². The van der Waals surface area contributed by atoms with Crippen LogP contribution in [0.3, 0.4) is 0 Å². The number of rotatable bonds is 3. The molecule has 0 atom stereocenters. The molecule has 118 valence electrons. The fraction of sp³-hybridized carbons (Fsp3) is 0.231. The maximum absolute atomic E-state index is 12.5. The molecule has 2 aromatic rings. The summed E-state index contributed by atoms with van der Waals surface area (Å²) in [5.41, 5.74) is -0.189. The molecule has 1 aromatic heterocycles. The van der Waals surface area contributed by atoms with Crippen molar-refractivity contribution < 1.29 is 32.0 Å². The fourth-order valence-electron chi connectivity index (χ4n) is 1.80. The van der Waals surface area contributed by atoms with E-state index in [1.807, 2.05) is 0 Å². The number of carbonyl (C=O) groups is 1. The van der Waals surface area contributed by atoms with Crippen LogP contribution in [0, 0.1) is 6.92 Å². The second kappa shape index (κ2) is 5.99. The Labute approximate surface area is 131 Å². The lowest BCUT2D eigenvalue weighted by Gasteiger charge is -2.13. The quantitative estimate of drug-likeness (QED) is 0.751. The topological polar surface area (TPSA) is 61.6 Å². The minimum atomic E-state index is -4.89. The third-order valence-corrected chi connectivity index (χ3v) is 3.17. The van der Waals surface area contributed by atoms with Gasteiger partial charge in [0.15, 0.2) is 0 Å². The summed E-state index contributed by atoms with van der Waals surface area (Å²) in [5.74, 6) is -1.15. The average Bonchev–Trinajstić information content (AvgIpc) is 2.78. The molecule has 0 aliphatic heterocycles. The standard InChI is InChI=1S/C13H9BrF3NO4/c1-6-10(12(19)20-2)11(18-22-6)8-4-3-7(14)5-9(8)21-13(15,16)17/h3-5H,1-2H3. The summed E-state index contributed by atoms with van der Waals surface area (Å²) in [6.07, 6.45) is -4.89. The molecule has 0 N–H and O–H groups in total. The van der Waals surface area contributed by atoms with E-state index in [1.165, 1.54) is 19.1 Å². The van der Waals surface area contributed by atoms with Gasteiger partial charge in [0.1, 0.15) is 22.8 Å². The van der Waals surface area contributed by atoms with Gasteiger partial charge in [-0.1, -0.05) is 21.1 Å². The maximum atomic E-state index is 12.5. The molecule has 0 fully saturated rings. The first-order chi connectivity index (χ1) is 10.2. The molecule has 2 rings (SSSR count). The van der Waals surface area contributed by atoms with E-state index in [2.05, 4.69) is 30.6 Å². The smallest absolute Gasteiger partial charge is 0.465 e. The maximum Gasteiger partial charge on any atom is 0.573 e. The van der Waals surface area contributed by atoms with Crippen LogP contribution in [0.15, 0.2) is 27.2 Å². The van der Waals surface area contributed by atoms with E-state index >= 15 is 0 Å². The molecule has 0 saturated carbocycles. The van der Waals surface area contributed by atoms with Gasteiger partial charge in [0.05, 0.1) is 7.11 Å². The van der Waals surface area contributed by atoms with Crippen molar-refractivity contribution in [2.75, 3.05) is 7.11 Å². The number of alkyl halides is 3. The lowest BCUT2D eigenvalue weighted by atomic mass is 10.1. The van der Waals surface area contributed by atoms with Crippen molar-refractivity contribution in [1.82, 2.24) is 5.16 Å². The number of aromatic nitrogens is 1. The Morgan fingerprint density at radius 3 is 2.64 bits per heavy atom. The van der Waals surface area contributed by atoms with Crippen molar-refractivity contribution in [2.24, 2.45) is 0 Å². The van der Waals surface area contributed by atoms with Gasteiger partial charge in [-0.15, -0.1) is 13.2 Å². The molecular weight excluding hydrogens is 371 g/mol. The summed E-state index contributed by atoms with van der Waals surface area (Å²) >= 11 is 3.06. The molecule has 0 bridgehead atoms. The summed E-state index contributed by atoms with van der Waals surface area (Å²) in [7, 11) is 1.15. The van der Waals surface area contributed by atoms with Crippen molar-refractivity contribution in [3.05, 3.63) is 34.0 Å². The van der Waals surface area contributed by atoms with Crippen molar-refractivity contribution in [3.8, 4) is 17.0 Å². The van der Waals surface area contributed by atoms with Crippen LogP contribution in [0.1, 0.15) is 16.1 Å². The van der Waals surface area contributed by atoms with Crippen LogP contribution in [-0.2, 0) is 4.74 Å². The lowest BCUT2D eigenvalue weighted by Crippen LogP contribution is -2.18. The number of benzene rings is 1. The lowest BCUT2D eigenvalue weighted by molar-refractivity contribution is -0.274. The molecule has 5 nitrogen and oxygen atoms in total. The van der Waals surface area contributed by atoms with E-state index < -0.39 is 18.1 Å². The molecular formula is C13H9BrF3NO4. The van der Waals surface area contributed by atoms with E-state index in [1.54, 1.807) is 0 Å². The first-order valence-electron chi connectivity index (χ1n) is 5.83. The second-order valence-corrected chi connectivity index (χ2v) is 5.06. The summed E-state index contributed by atoms with van der Waals surface area (Å²) in [4.78, 5) is 11.8. The average molecular weight is 380 g/mol. The van der Waals surface area contributed by atoms with E-state index in [9.17, 15) is 18.0 Å². The Balaban J connectivity index is 2.61. The van der Waals surface area contributed by atoms with Crippen molar-refractivity contribution in [2.45, 2.75) is 13.3 Å². The van der Waals surface area contributed by atoms with E-state index in [-0.39, 0.29) is 22.6 Å². The summed E-state index contributed by atoms with van der Waals surface area (Å²) in [6, 6.07) is 3.94. The molecule has 1 aromatic carbocycles. The zero-order chi connectivity index (χ0) is 16.5. The Hall–Kier alpha value is -2.03. The molecule has 0 spiro atoms. The minimum absolute atomic E-state index is 0.0437. The van der Waals surface area contributed by atoms with Gasteiger partial charge < -0.3 is 14.0 Å². The van der Waals surface area contributed by atoms with E-state index in [0.717, 1.165) is 13.2 Å². The van der Waals surface area contributed by atoms with Gasteiger partial charge >= 0.3 is 12.3 Å². The van der Waals surface area contributed by atoms with E-state index in [0.29, 0.717) is 4.47 Å². The van der Waals surface area contributed by atoms with Gasteiger partial charge in [0.25, 0.3) is 0 Å². The number of carbonyl (C=O) groups excluding carboxylic acids is 1. The molecule has 0 saturated heterocycles. The largest absolute Gasteiger partial charge is 0.573 e. The van der Waals surface area contributed by atoms with Crippen LogP contribution in [0.4, 0.5) is 13.2 Å². The third kappa shape index (κ3) is 3.41. The van der Waals surface area contributed by atoms with Crippen LogP contribution in [0.5, 0.6) is 5.75 Å². The Morgan fingerprint density at radius 1 is 1.36 bits per heavy atom. The SMILES string of the molecule is COC(=O)c1c(-c2ccc(Br)cc2OC(F)(F)F)noc1C. The van der Waals surface area contributed by atoms with Gasteiger partial charge in [0, 0.05) is 10.0 Å². The molecule has 0 aliphatic rings. The Morgan fingerprint density at radius 2 is 2.05 bits per heavy atom. The summed E-state index contributed by atoms with van der Waals surface area (Å²) < 4.78 is 51.4. The second-order valence-electron chi connectivity index (χ2n) is 4.14. The zero-order valence-corrected chi connectivity index (χ0v) is 12.9. The molecule has 0 unspecified atom stereocenters. The predicted molar refractivity (Wildman–Crippen MR) is 72.4 cm³/mol. The van der Waals surface area contributed by atoms with Crippen molar-refractivity contribution in [1.29, 1.82) is 0 Å². The number of nitrogens with zero attached hydrogens (tertiary/aromatic N) is 1. The molecule has 22 heavy (non-hydrogen) atoms. The number of esters is 1.